The van der Waals surface area contributed by atoms with E-state index in [-0.39, 0.29) is 23.4 Å². The number of amides is 1. The molecule has 29 heavy (non-hydrogen) atoms. The Hall–Kier alpha value is -2.27. The molecule has 0 spiro atoms. The SMILES string of the molecule is CN1[C@H]2CCCC[C@H]3N(C(=O)c4cccnn4)[C@@H](Cc4ccccc4)[C@@H]1C[C@@]23C. The molecule has 1 aromatic carbocycles. The van der Waals surface area contributed by atoms with Crippen molar-refractivity contribution in [3.8, 4) is 0 Å². The van der Waals surface area contributed by atoms with E-state index in [4.69, 9.17) is 0 Å². The van der Waals surface area contributed by atoms with Gasteiger partial charge in [-0.15, -0.1) is 5.10 Å². The Balaban J connectivity index is 1.59. The molecule has 0 N–H and O–H groups in total. The number of hydrogen-bond acceptors (Lipinski definition) is 4. The molecule has 152 valence electrons. The van der Waals surface area contributed by atoms with Crippen LogP contribution in [0.15, 0.2) is 48.7 Å². The predicted octanol–water partition coefficient (Wildman–Crippen LogP) is 3.57. The lowest BCUT2D eigenvalue weighted by Gasteiger charge is -2.51. The second-order valence-corrected chi connectivity index (χ2v) is 9.34. The zero-order valence-electron chi connectivity index (χ0n) is 17.4. The molecule has 5 nitrogen and oxygen atoms in total. The van der Waals surface area contributed by atoms with Crippen molar-refractivity contribution in [2.45, 2.75) is 69.6 Å². The van der Waals surface area contributed by atoms with Crippen molar-refractivity contribution in [2.75, 3.05) is 7.05 Å². The van der Waals surface area contributed by atoms with Gasteiger partial charge in [0.1, 0.15) is 0 Å². The molecular formula is C24H30N4O. The molecule has 3 heterocycles. The van der Waals surface area contributed by atoms with E-state index >= 15 is 0 Å². The number of rotatable bonds is 3. The van der Waals surface area contributed by atoms with Gasteiger partial charge in [-0.25, -0.2) is 0 Å². The fourth-order valence-corrected chi connectivity index (χ4v) is 6.53. The molecule has 1 amide bonds. The highest BCUT2D eigenvalue weighted by Gasteiger charge is 2.61. The van der Waals surface area contributed by atoms with Crippen LogP contribution >= 0.6 is 0 Å². The maximum atomic E-state index is 13.8. The number of aromatic nitrogens is 2. The van der Waals surface area contributed by atoms with Gasteiger partial charge in [-0.05, 0) is 50.4 Å². The molecule has 1 saturated carbocycles. The summed E-state index contributed by atoms with van der Waals surface area (Å²) in [4.78, 5) is 18.6. The Morgan fingerprint density at radius 3 is 2.59 bits per heavy atom. The number of carbonyl (C=O) groups is 1. The molecule has 3 aliphatic rings. The van der Waals surface area contributed by atoms with E-state index in [0.717, 1.165) is 12.8 Å². The van der Waals surface area contributed by atoms with Crippen molar-refractivity contribution in [1.82, 2.24) is 20.0 Å². The Morgan fingerprint density at radius 2 is 1.86 bits per heavy atom. The van der Waals surface area contributed by atoms with Gasteiger partial charge in [0.2, 0.25) is 0 Å². The second kappa shape index (κ2) is 7.21. The first-order chi connectivity index (χ1) is 14.1. The third-order valence-corrected chi connectivity index (χ3v) is 7.84. The molecule has 1 aromatic heterocycles. The maximum absolute atomic E-state index is 13.8. The van der Waals surface area contributed by atoms with E-state index in [2.05, 4.69) is 64.3 Å². The van der Waals surface area contributed by atoms with E-state index in [1.54, 1.807) is 6.20 Å². The lowest BCUT2D eigenvalue weighted by Crippen LogP contribution is -2.61. The molecule has 2 aliphatic heterocycles. The van der Waals surface area contributed by atoms with Crippen molar-refractivity contribution >= 4 is 5.91 Å². The molecule has 2 aromatic rings. The Bertz CT molecular complexity index is 873. The molecular weight excluding hydrogens is 360 g/mol. The van der Waals surface area contributed by atoms with Crippen molar-refractivity contribution in [2.24, 2.45) is 5.41 Å². The minimum absolute atomic E-state index is 0.0518. The highest BCUT2D eigenvalue weighted by Crippen LogP contribution is 2.55. The summed E-state index contributed by atoms with van der Waals surface area (Å²) in [7, 11) is 2.29. The van der Waals surface area contributed by atoms with Gasteiger partial charge < -0.3 is 4.90 Å². The van der Waals surface area contributed by atoms with E-state index in [1.165, 1.54) is 31.2 Å². The van der Waals surface area contributed by atoms with Crippen LogP contribution < -0.4 is 0 Å². The van der Waals surface area contributed by atoms with Crippen molar-refractivity contribution in [3.05, 3.63) is 59.9 Å². The van der Waals surface area contributed by atoms with Gasteiger partial charge in [-0.2, -0.15) is 5.10 Å². The number of nitrogens with zero attached hydrogens (tertiary/aromatic N) is 4. The van der Waals surface area contributed by atoms with Gasteiger partial charge in [0.25, 0.3) is 5.91 Å². The average Bonchev–Trinajstić information content (AvgIpc) is 2.86. The molecule has 5 rings (SSSR count). The zero-order valence-corrected chi connectivity index (χ0v) is 17.4. The monoisotopic (exact) mass is 390 g/mol. The molecule has 0 unspecified atom stereocenters. The van der Waals surface area contributed by atoms with Gasteiger partial charge in [-0.1, -0.05) is 50.1 Å². The van der Waals surface area contributed by atoms with Crippen LogP contribution in [0, 0.1) is 5.41 Å². The largest absolute Gasteiger partial charge is 0.329 e. The predicted molar refractivity (Wildman–Crippen MR) is 112 cm³/mol. The summed E-state index contributed by atoms with van der Waals surface area (Å²) in [5.74, 6) is 0.0518. The van der Waals surface area contributed by atoms with Crippen LogP contribution in [0.2, 0.25) is 0 Å². The van der Waals surface area contributed by atoms with Crippen molar-refractivity contribution in [1.29, 1.82) is 0 Å². The Morgan fingerprint density at radius 1 is 1.10 bits per heavy atom. The highest BCUT2D eigenvalue weighted by molar-refractivity contribution is 5.93. The summed E-state index contributed by atoms with van der Waals surface area (Å²) >= 11 is 0. The number of likely N-dealkylation sites (N-methyl/N-ethyl adjacent to an activating group) is 1. The number of carbonyl (C=O) groups excluding carboxylic acids is 1. The van der Waals surface area contributed by atoms with Crippen LogP contribution in [-0.4, -0.2) is 57.1 Å². The number of benzene rings is 1. The molecule has 0 radical (unpaired) electrons. The quantitative estimate of drug-likeness (QED) is 0.804. The topological polar surface area (TPSA) is 49.3 Å². The van der Waals surface area contributed by atoms with Crippen LogP contribution in [0.1, 0.15) is 55.1 Å². The summed E-state index contributed by atoms with van der Waals surface area (Å²) in [6.07, 6.45) is 8.48. The summed E-state index contributed by atoms with van der Waals surface area (Å²) in [6.45, 7) is 2.43. The highest BCUT2D eigenvalue weighted by atomic mass is 16.2. The van der Waals surface area contributed by atoms with Crippen LogP contribution in [-0.2, 0) is 6.42 Å². The van der Waals surface area contributed by atoms with Crippen LogP contribution in [0.5, 0.6) is 0 Å². The molecule has 5 atom stereocenters. The maximum Gasteiger partial charge on any atom is 0.274 e. The van der Waals surface area contributed by atoms with Gasteiger partial charge in [0, 0.05) is 29.7 Å². The summed E-state index contributed by atoms with van der Waals surface area (Å²) in [5.41, 5.74) is 1.92. The first-order valence-electron chi connectivity index (χ1n) is 11.0. The number of hydrogen-bond donors (Lipinski definition) is 0. The third kappa shape index (κ3) is 2.98. The fraction of sp³-hybridized carbons (Fsp3) is 0.542. The van der Waals surface area contributed by atoms with Crippen LogP contribution in [0.3, 0.4) is 0 Å². The number of likely N-dealkylation sites (tertiary alicyclic amines) is 2. The molecule has 3 fully saturated rings. The Labute approximate surface area is 173 Å². The standard InChI is InChI=1S/C24H30N4O/c1-24-16-20-19(15-17-9-4-3-5-10-17)28(23(29)18-11-8-14-25-26-18)22(24)13-7-6-12-21(24)27(20)2/h3-5,8-11,14,19-22H,6-7,12-13,15-16H2,1-2H3/t19-,20-,21-,22+,24-/m0/s1. The fourth-order valence-electron chi connectivity index (χ4n) is 6.53. The lowest BCUT2D eigenvalue weighted by molar-refractivity contribution is 0.00158. The molecule has 1 aliphatic carbocycles. The van der Waals surface area contributed by atoms with Crippen molar-refractivity contribution in [3.63, 3.8) is 0 Å². The van der Waals surface area contributed by atoms with E-state index in [9.17, 15) is 4.79 Å². The van der Waals surface area contributed by atoms with Gasteiger partial charge in [0.15, 0.2) is 5.69 Å². The summed E-state index contributed by atoms with van der Waals surface area (Å²) < 4.78 is 0. The van der Waals surface area contributed by atoms with E-state index < -0.39 is 0 Å². The first kappa shape index (κ1) is 18.7. The lowest BCUT2D eigenvalue weighted by atomic mass is 9.69. The first-order valence-corrected chi connectivity index (χ1v) is 11.0. The molecule has 5 heteroatoms. The summed E-state index contributed by atoms with van der Waals surface area (Å²) in [5, 5.41) is 8.17. The minimum Gasteiger partial charge on any atom is -0.329 e. The minimum atomic E-state index is 0.0518. The van der Waals surface area contributed by atoms with Gasteiger partial charge in [0.05, 0.1) is 6.04 Å². The van der Waals surface area contributed by atoms with Gasteiger partial charge >= 0.3 is 0 Å². The van der Waals surface area contributed by atoms with E-state index in [1.807, 2.05) is 12.1 Å². The van der Waals surface area contributed by atoms with Gasteiger partial charge in [-0.3, -0.25) is 9.69 Å². The van der Waals surface area contributed by atoms with Crippen LogP contribution in [0.25, 0.3) is 0 Å². The van der Waals surface area contributed by atoms with E-state index in [0.29, 0.717) is 17.8 Å². The number of fused-ring (bicyclic) bond motifs is 1. The van der Waals surface area contributed by atoms with Crippen molar-refractivity contribution < 1.29 is 4.79 Å². The molecule has 2 saturated heterocycles. The summed E-state index contributed by atoms with van der Waals surface area (Å²) in [6, 6.07) is 15.6. The third-order valence-electron chi connectivity index (χ3n) is 7.84. The number of piperidine rings is 1. The smallest absolute Gasteiger partial charge is 0.274 e. The average molecular weight is 391 g/mol. The Kier molecular flexibility index (Phi) is 4.66. The molecule has 2 bridgehead atoms. The van der Waals surface area contributed by atoms with Crippen LogP contribution in [0.4, 0.5) is 0 Å². The zero-order chi connectivity index (χ0) is 20.0. The second-order valence-electron chi connectivity index (χ2n) is 9.34. The normalized spacial score (nSPS) is 34.1.